The van der Waals surface area contributed by atoms with E-state index in [-0.39, 0.29) is 5.91 Å². The number of nitrogens with two attached hydrogens (primary N) is 1. The zero-order valence-corrected chi connectivity index (χ0v) is 10.8. The highest BCUT2D eigenvalue weighted by atomic mass is 16.1. The van der Waals surface area contributed by atoms with Crippen molar-refractivity contribution in [3.8, 4) is 0 Å². The number of rotatable bonds is 4. The number of pyridine rings is 1. The molecule has 0 bridgehead atoms. The summed E-state index contributed by atoms with van der Waals surface area (Å²) >= 11 is 0. The van der Waals surface area contributed by atoms with Crippen molar-refractivity contribution in [2.45, 2.75) is 20.8 Å². The summed E-state index contributed by atoms with van der Waals surface area (Å²) in [5, 5.41) is 7.31. The van der Waals surface area contributed by atoms with Gasteiger partial charge in [0.2, 0.25) is 11.9 Å². The summed E-state index contributed by atoms with van der Waals surface area (Å²) < 4.78 is 1.70. The van der Waals surface area contributed by atoms with Crippen molar-refractivity contribution < 1.29 is 4.79 Å². The lowest BCUT2D eigenvalue weighted by Crippen LogP contribution is -2.37. The van der Waals surface area contributed by atoms with Gasteiger partial charge in [-0.15, -0.1) is 5.10 Å². The first-order valence-corrected chi connectivity index (χ1v) is 5.75. The van der Waals surface area contributed by atoms with Gasteiger partial charge in [-0.1, -0.05) is 6.07 Å². The van der Waals surface area contributed by atoms with Gasteiger partial charge in [-0.05, 0) is 32.4 Å². The average Bonchev–Trinajstić information content (AvgIpc) is 2.68. The molecule has 2 aromatic heterocycles. The van der Waals surface area contributed by atoms with Gasteiger partial charge in [0.25, 0.3) is 0 Å². The fourth-order valence-corrected chi connectivity index (χ4v) is 1.45. The standard InChI is InChI=1S/C12H17N5O/c1-8-4-5-9-15-11(16-17(9)6-8)14-7-12(2,3)10(13)18/h4-6H,7H2,1-3H3,(H2,13,18)(H,14,16). The van der Waals surface area contributed by atoms with E-state index in [1.54, 1.807) is 18.4 Å². The molecular formula is C12H17N5O. The quantitative estimate of drug-likeness (QED) is 0.842. The van der Waals surface area contributed by atoms with Crippen LogP contribution in [-0.4, -0.2) is 27.0 Å². The molecule has 0 spiro atoms. The Bertz CT molecular complexity index is 587. The molecule has 2 heterocycles. The van der Waals surface area contributed by atoms with E-state index in [4.69, 9.17) is 5.73 Å². The largest absolute Gasteiger partial charge is 0.369 e. The molecule has 1 amide bonds. The van der Waals surface area contributed by atoms with Crippen LogP contribution in [0.15, 0.2) is 18.3 Å². The van der Waals surface area contributed by atoms with Gasteiger partial charge in [0.1, 0.15) is 0 Å². The van der Waals surface area contributed by atoms with Crippen LogP contribution in [0.3, 0.4) is 0 Å². The second kappa shape index (κ2) is 4.29. The minimum Gasteiger partial charge on any atom is -0.369 e. The second-order valence-electron chi connectivity index (χ2n) is 5.05. The molecule has 0 unspecified atom stereocenters. The number of hydrogen-bond acceptors (Lipinski definition) is 4. The molecule has 0 aromatic carbocycles. The number of carbonyl (C=O) groups excluding carboxylic acids is 1. The van der Waals surface area contributed by atoms with Crippen LogP contribution in [-0.2, 0) is 4.79 Å². The van der Waals surface area contributed by atoms with Crippen molar-refractivity contribution in [2.24, 2.45) is 11.1 Å². The Labute approximate surface area is 105 Å². The molecular weight excluding hydrogens is 230 g/mol. The lowest BCUT2D eigenvalue weighted by molar-refractivity contribution is -0.125. The van der Waals surface area contributed by atoms with E-state index in [2.05, 4.69) is 15.4 Å². The number of fused-ring (bicyclic) bond motifs is 1. The highest BCUT2D eigenvalue weighted by molar-refractivity contribution is 5.80. The maximum Gasteiger partial charge on any atom is 0.243 e. The maximum atomic E-state index is 11.2. The molecule has 0 saturated heterocycles. The molecule has 2 rings (SSSR count). The Morgan fingerprint density at radius 3 is 2.89 bits per heavy atom. The summed E-state index contributed by atoms with van der Waals surface area (Å²) in [4.78, 5) is 15.5. The van der Waals surface area contributed by atoms with Crippen LogP contribution in [0.5, 0.6) is 0 Å². The predicted molar refractivity (Wildman–Crippen MR) is 69.2 cm³/mol. The number of aryl methyl sites for hydroxylation is 1. The first kappa shape index (κ1) is 12.3. The normalized spacial score (nSPS) is 11.7. The van der Waals surface area contributed by atoms with Crippen molar-refractivity contribution in [2.75, 3.05) is 11.9 Å². The van der Waals surface area contributed by atoms with Crippen molar-refractivity contribution in [1.29, 1.82) is 0 Å². The Balaban J connectivity index is 2.15. The van der Waals surface area contributed by atoms with Crippen molar-refractivity contribution in [3.63, 3.8) is 0 Å². The molecule has 6 heteroatoms. The summed E-state index contributed by atoms with van der Waals surface area (Å²) in [5.41, 5.74) is 6.54. The minimum absolute atomic E-state index is 0.352. The summed E-state index contributed by atoms with van der Waals surface area (Å²) in [6.45, 7) is 5.95. The number of amides is 1. The molecule has 6 nitrogen and oxygen atoms in total. The Kier molecular flexibility index (Phi) is 2.94. The fraction of sp³-hybridized carbons (Fsp3) is 0.417. The minimum atomic E-state index is -0.632. The molecule has 0 saturated carbocycles. The molecule has 96 valence electrons. The third kappa shape index (κ3) is 2.42. The van der Waals surface area contributed by atoms with E-state index >= 15 is 0 Å². The molecule has 2 aromatic rings. The smallest absolute Gasteiger partial charge is 0.243 e. The van der Waals surface area contributed by atoms with Crippen LogP contribution in [0.1, 0.15) is 19.4 Å². The first-order valence-electron chi connectivity index (χ1n) is 5.75. The number of primary amides is 1. The number of aromatic nitrogens is 3. The third-order valence-electron chi connectivity index (χ3n) is 2.83. The van der Waals surface area contributed by atoms with Crippen LogP contribution in [0, 0.1) is 12.3 Å². The van der Waals surface area contributed by atoms with Crippen LogP contribution >= 0.6 is 0 Å². The topological polar surface area (TPSA) is 85.3 Å². The lowest BCUT2D eigenvalue weighted by atomic mass is 9.93. The number of anilines is 1. The molecule has 0 fully saturated rings. The van der Waals surface area contributed by atoms with Gasteiger partial charge in [-0.3, -0.25) is 4.79 Å². The van der Waals surface area contributed by atoms with E-state index in [1.807, 2.05) is 25.3 Å². The van der Waals surface area contributed by atoms with Gasteiger partial charge in [0, 0.05) is 12.7 Å². The van der Waals surface area contributed by atoms with Gasteiger partial charge in [-0.25, -0.2) is 4.52 Å². The zero-order chi connectivity index (χ0) is 13.3. The predicted octanol–water partition coefficient (Wildman–Crippen LogP) is 0.961. The molecule has 0 radical (unpaired) electrons. The number of carbonyl (C=O) groups is 1. The van der Waals surface area contributed by atoms with E-state index in [1.165, 1.54) is 0 Å². The molecule has 0 aliphatic rings. The molecule has 0 aliphatic carbocycles. The van der Waals surface area contributed by atoms with Crippen molar-refractivity contribution >= 4 is 17.5 Å². The average molecular weight is 247 g/mol. The Hall–Kier alpha value is -2.11. The Morgan fingerprint density at radius 1 is 1.50 bits per heavy atom. The summed E-state index contributed by atoms with van der Waals surface area (Å²) in [7, 11) is 0. The Morgan fingerprint density at radius 2 is 2.22 bits per heavy atom. The van der Waals surface area contributed by atoms with E-state index < -0.39 is 5.41 Å². The summed E-state index contributed by atoms with van der Waals surface area (Å²) in [6.07, 6.45) is 1.90. The van der Waals surface area contributed by atoms with Crippen molar-refractivity contribution in [3.05, 3.63) is 23.9 Å². The van der Waals surface area contributed by atoms with Gasteiger partial charge in [-0.2, -0.15) is 4.98 Å². The summed E-state index contributed by atoms with van der Waals surface area (Å²) in [5.74, 6) is 0.143. The van der Waals surface area contributed by atoms with E-state index in [0.29, 0.717) is 12.5 Å². The van der Waals surface area contributed by atoms with Gasteiger partial charge >= 0.3 is 0 Å². The zero-order valence-electron chi connectivity index (χ0n) is 10.8. The molecule has 0 aliphatic heterocycles. The van der Waals surface area contributed by atoms with Gasteiger partial charge in [0.15, 0.2) is 5.65 Å². The van der Waals surface area contributed by atoms with Crippen molar-refractivity contribution in [1.82, 2.24) is 14.6 Å². The number of hydrogen-bond donors (Lipinski definition) is 2. The highest BCUT2D eigenvalue weighted by Gasteiger charge is 2.25. The lowest BCUT2D eigenvalue weighted by Gasteiger charge is -2.19. The number of nitrogens with zero attached hydrogens (tertiary/aromatic N) is 3. The molecule has 18 heavy (non-hydrogen) atoms. The highest BCUT2D eigenvalue weighted by Crippen LogP contribution is 2.15. The maximum absolute atomic E-state index is 11.2. The second-order valence-corrected chi connectivity index (χ2v) is 5.05. The van der Waals surface area contributed by atoms with Gasteiger partial charge < -0.3 is 11.1 Å². The van der Waals surface area contributed by atoms with Crippen LogP contribution in [0.2, 0.25) is 0 Å². The molecule has 0 atom stereocenters. The summed E-state index contributed by atoms with van der Waals surface area (Å²) in [6, 6.07) is 3.87. The SMILES string of the molecule is Cc1ccc2nc(NCC(C)(C)C(N)=O)nn2c1. The number of nitrogens with one attached hydrogen (secondary N) is 1. The van der Waals surface area contributed by atoms with Gasteiger partial charge in [0.05, 0.1) is 5.41 Å². The monoisotopic (exact) mass is 247 g/mol. The fourth-order valence-electron chi connectivity index (χ4n) is 1.45. The molecule has 3 N–H and O–H groups in total. The van der Waals surface area contributed by atoms with Crippen LogP contribution < -0.4 is 11.1 Å². The van der Waals surface area contributed by atoms with E-state index in [0.717, 1.165) is 11.2 Å². The van der Waals surface area contributed by atoms with Crippen LogP contribution in [0.4, 0.5) is 5.95 Å². The van der Waals surface area contributed by atoms with Crippen LogP contribution in [0.25, 0.3) is 5.65 Å². The first-order chi connectivity index (χ1) is 8.38. The van der Waals surface area contributed by atoms with E-state index in [9.17, 15) is 4.79 Å². The third-order valence-corrected chi connectivity index (χ3v) is 2.83.